The van der Waals surface area contributed by atoms with E-state index in [0.717, 1.165) is 21.6 Å². The fourth-order valence-electron chi connectivity index (χ4n) is 4.26. The van der Waals surface area contributed by atoms with Gasteiger partial charge in [-0.15, -0.1) is 0 Å². The van der Waals surface area contributed by atoms with E-state index in [9.17, 15) is 19.2 Å². The van der Waals surface area contributed by atoms with Crippen molar-refractivity contribution in [3.8, 4) is 0 Å². The van der Waals surface area contributed by atoms with Crippen LogP contribution in [0, 0.1) is 0 Å². The second-order valence-corrected chi connectivity index (χ2v) is 7.80. The number of hydrogen-bond acceptors (Lipinski definition) is 4. The van der Waals surface area contributed by atoms with Crippen LogP contribution in [0.4, 0.5) is 4.79 Å². The maximum absolute atomic E-state index is 13.1. The summed E-state index contributed by atoms with van der Waals surface area (Å²) in [6, 6.07) is 15.6. The van der Waals surface area contributed by atoms with Crippen LogP contribution < -0.4 is 10.6 Å². The molecule has 2 aromatic carbocycles. The van der Waals surface area contributed by atoms with Crippen molar-refractivity contribution in [3.63, 3.8) is 0 Å². The van der Waals surface area contributed by atoms with Crippen LogP contribution in [-0.4, -0.2) is 41.1 Å². The molecule has 1 fully saturated rings. The quantitative estimate of drug-likeness (QED) is 0.715. The van der Waals surface area contributed by atoms with Gasteiger partial charge in [0.15, 0.2) is 5.78 Å². The molecular formula is C23H23N3O4. The van der Waals surface area contributed by atoms with E-state index in [-0.39, 0.29) is 5.78 Å². The van der Waals surface area contributed by atoms with Crippen LogP contribution in [0.2, 0.25) is 0 Å². The van der Waals surface area contributed by atoms with Crippen molar-refractivity contribution in [2.75, 3.05) is 6.54 Å². The van der Waals surface area contributed by atoms with Crippen molar-refractivity contribution >= 4 is 23.6 Å². The van der Waals surface area contributed by atoms with Gasteiger partial charge in [0.05, 0.1) is 6.04 Å². The molecule has 0 saturated carbocycles. The van der Waals surface area contributed by atoms with E-state index in [1.54, 1.807) is 0 Å². The molecule has 0 aromatic heterocycles. The van der Waals surface area contributed by atoms with E-state index in [1.165, 1.54) is 6.92 Å². The van der Waals surface area contributed by atoms with Gasteiger partial charge < -0.3 is 10.6 Å². The Labute approximate surface area is 174 Å². The summed E-state index contributed by atoms with van der Waals surface area (Å²) in [6.07, 6.45) is 1.50. The average Bonchev–Trinajstić information content (AvgIpc) is 3.21. The highest BCUT2D eigenvalue weighted by Gasteiger charge is 2.55. The standard InChI is InChI=1S/C23H23N3O4/c1-15(27)19(13-16-7-3-2-4-8-16)24-20(28)14-26-21(29)23(25-22(26)30)12-11-17-9-5-6-10-18(17)23/h2-10,19H,11-14H2,1H3,(H,24,28)(H,25,30). The van der Waals surface area contributed by atoms with Gasteiger partial charge in [-0.25, -0.2) is 4.79 Å². The van der Waals surface area contributed by atoms with Gasteiger partial charge in [0.2, 0.25) is 5.91 Å². The number of carbonyl (C=O) groups excluding carboxylic acids is 4. The minimum atomic E-state index is -1.10. The van der Waals surface area contributed by atoms with Crippen LogP contribution in [-0.2, 0) is 32.8 Å². The highest BCUT2D eigenvalue weighted by Crippen LogP contribution is 2.41. The zero-order chi connectivity index (χ0) is 21.3. The Morgan fingerprint density at radius 2 is 1.80 bits per heavy atom. The van der Waals surface area contributed by atoms with Gasteiger partial charge in [-0.3, -0.25) is 19.3 Å². The third kappa shape index (κ3) is 3.47. The zero-order valence-electron chi connectivity index (χ0n) is 16.7. The highest BCUT2D eigenvalue weighted by atomic mass is 16.2. The fraction of sp³-hybridized carbons (Fsp3) is 0.304. The molecule has 2 N–H and O–H groups in total. The summed E-state index contributed by atoms with van der Waals surface area (Å²) in [5.74, 6) is -1.15. The molecule has 7 nitrogen and oxygen atoms in total. The molecule has 2 unspecified atom stereocenters. The van der Waals surface area contributed by atoms with Crippen LogP contribution in [0.1, 0.15) is 30.0 Å². The van der Waals surface area contributed by atoms with Gasteiger partial charge in [0.1, 0.15) is 12.1 Å². The summed E-state index contributed by atoms with van der Waals surface area (Å²) in [6.45, 7) is 0.985. The second kappa shape index (κ2) is 7.74. The van der Waals surface area contributed by atoms with E-state index in [0.29, 0.717) is 19.3 Å². The van der Waals surface area contributed by atoms with Gasteiger partial charge in [-0.05, 0) is 42.9 Å². The fourth-order valence-corrected chi connectivity index (χ4v) is 4.26. The predicted octanol–water partition coefficient (Wildman–Crippen LogP) is 1.70. The average molecular weight is 405 g/mol. The van der Waals surface area contributed by atoms with Gasteiger partial charge in [0.25, 0.3) is 5.91 Å². The maximum Gasteiger partial charge on any atom is 0.325 e. The molecule has 0 radical (unpaired) electrons. The van der Waals surface area contributed by atoms with E-state index < -0.39 is 36.0 Å². The molecule has 2 aliphatic rings. The summed E-state index contributed by atoms with van der Waals surface area (Å²) < 4.78 is 0. The first-order chi connectivity index (χ1) is 14.4. The van der Waals surface area contributed by atoms with Crippen molar-refractivity contribution in [2.45, 2.75) is 37.8 Å². The van der Waals surface area contributed by atoms with Gasteiger partial charge in [-0.2, -0.15) is 0 Å². The first-order valence-electron chi connectivity index (χ1n) is 9.97. The van der Waals surface area contributed by atoms with Crippen molar-refractivity contribution < 1.29 is 19.2 Å². The first-order valence-corrected chi connectivity index (χ1v) is 9.97. The smallest absolute Gasteiger partial charge is 0.325 e. The van der Waals surface area contributed by atoms with Crippen molar-refractivity contribution in [2.24, 2.45) is 0 Å². The van der Waals surface area contributed by atoms with Gasteiger partial charge in [0, 0.05) is 0 Å². The lowest BCUT2D eigenvalue weighted by molar-refractivity contribution is -0.135. The number of amides is 4. The number of hydrogen-bond donors (Lipinski definition) is 2. The van der Waals surface area contributed by atoms with E-state index in [4.69, 9.17) is 0 Å². The first kappa shape index (κ1) is 19.8. The summed E-state index contributed by atoms with van der Waals surface area (Å²) in [5, 5.41) is 5.47. The second-order valence-electron chi connectivity index (χ2n) is 7.80. The van der Waals surface area contributed by atoms with Crippen LogP contribution in [0.3, 0.4) is 0 Å². The SMILES string of the molecule is CC(=O)C(Cc1ccccc1)NC(=O)CN1C(=O)NC2(CCc3ccccc32)C1=O. The Hall–Kier alpha value is -3.48. The molecule has 7 heteroatoms. The Morgan fingerprint density at radius 3 is 2.53 bits per heavy atom. The summed E-state index contributed by atoms with van der Waals surface area (Å²) in [5.41, 5.74) is 1.63. The van der Waals surface area contributed by atoms with Crippen LogP contribution in [0.25, 0.3) is 0 Å². The predicted molar refractivity (Wildman–Crippen MR) is 109 cm³/mol. The number of rotatable bonds is 6. The highest BCUT2D eigenvalue weighted by molar-refractivity contribution is 6.10. The van der Waals surface area contributed by atoms with Crippen LogP contribution >= 0.6 is 0 Å². The van der Waals surface area contributed by atoms with E-state index in [2.05, 4.69) is 10.6 Å². The molecule has 154 valence electrons. The number of carbonyl (C=O) groups is 4. The number of nitrogens with one attached hydrogen (secondary N) is 2. The van der Waals surface area contributed by atoms with Gasteiger partial charge >= 0.3 is 6.03 Å². The van der Waals surface area contributed by atoms with E-state index in [1.807, 2.05) is 54.6 Å². The minimum Gasteiger partial charge on any atom is -0.344 e. The minimum absolute atomic E-state index is 0.189. The monoisotopic (exact) mass is 405 g/mol. The maximum atomic E-state index is 13.1. The third-order valence-electron chi connectivity index (χ3n) is 5.83. The lowest BCUT2D eigenvalue weighted by Crippen LogP contribution is -2.48. The third-order valence-corrected chi connectivity index (χ3v) is 5.83. The largest absolute Gasteiger partial charge is 0.344 e. The number of fused-ring (bicyclic) bond motifs is 2. The van der Waals surface area contributed by atoms with E-state index >= 15 is 0 Å². The topological polar surface area (TPSA) is 95.6 Å². The molecule has 2 aromatic rings. The Kier molecular flexibility index (Phi) is 5.11. The summed E-state index contributed by atoms with van der Waals surface area (Å²) >= 11 is 0. The molecule has 30 heavy (non-hydrogen) atoms. The normalized spacial score (nSPS) is 20.8. The molecule has 1 heterocycles. The Morgan fingerprint density at radius 1 is 1.10 bits per heavy atom. The van der Waals surface area contributed by atoms with Crippen LogP contribution in [0.15, 0.2) is 54.6 Å². The number of Topliss-reactive ketones (excluding diaryl/α,β-unsaturated/α-hetero) is 1. The number of imide groups is 1. The molecular weight excluding hydrogens is 382 g/mol. The van der Waals surface area contributed by atoms with Crippen molar-refractivity contribution in [1.29, 1.82) is 0 Å². The molecule has 2 atom stereocenters. The number of nitrogens with zero attached hydrogens (tertiary/aromatic N) is 1. The Bertz CT molecular complexity index is 1020. The van der Waals surface area contributed by atoms with Crippen molar-refractivity contribution in [1.82, 2.24) is 15.5 Å². The molecule has 1 spiro atoms. The number of ketones is 1. The molecule has 1 aliphatic heterocycles. The lowest BCUT2D eigenvalue weighted by atomic mass is 9.92. The summed E-state index contributed by atoms with van der Waals surface area (Å²) in [4.78, 5) is 51.3. The number of benzene rings is 2. The molecule has 1 saturated heterocycles. The molecule has 4 amide bonds. The Balaban J connectivity index is 1.46. The zero-order valence-corrected chi connectivity index (χ0v) is 16.7. The lowest BCUT2D eigenvalue weighted by Gasteiger charge is -2.22. The summed E-state index contributed by atoms with van der Waals surface area (Å²) in [7, 11) is 0. The number of aryl methyl sites for hydroxylation is 1. The van der Waals surface area contributed by atoms with Crippen LogP contribution in [0.5, 0.6) is 0 Å². The molecule has 0 bridgehead atoms. The molecule has 1 aliphatic carbocycles. The van der Waals surface area contributed by atoms with Crippen molar-refractivity contribution in [3.05, 3.63) is 71.3 Å². The number of urea groups is 1. The van der Waals surface area contributed by atoms with Gasteiger partial charge in [-0.1, -0.05) is 54.6 Å². The molecule has 4 rings (SSSR count).